The summed E-state index contributed by atoms with van der Waals surface area (Å²) in [6, 6.07) is 13.0. The predicted molar refractivity (Wildman–Crippen MR) is 87.1 cm³/mol. The number of imidazole rings is 1. The maximum atomic E-state index is 13.7. The van der Waals surface area contributed by atoms with Crippen LogP contribution in [0.2, 0.25) is 5.02 Å². The van der Waals surface area contributed by atoms with Crippen LogP contribution in [0.25, 0.3) is 17.1 Å². The molecule has 0 bridgehead atoms. The average molecular weight is 351 g/mol. The second-order valence-corrected chi connectivity index (χ2v) is 7.48. The Morgan fingerprint density at radius 1 is 1.04 bits per heavy atom. The fraction of sp³-hybridized carbons (Fsp3) is 0.0625. The lowest BCUT2D eigenvalue weighted by molar-refractivity contribution is 0.590. The van der Waals surface area contributed by atoms with Gasteiger partial charge < -0.3 is 0 Å². The summed E-state index contributed by atoms with van der Waals surface area (Å²) in [6.07, 6.45) is 2.40. The molecule has 3 aromatic rings. The Bertz CT molecular complexity index is 949. The molecule has 1 heterocycles. The first kappa shape index (κ1) is 15.7. The van der Waals surface area contributed by atoms with Gasteiger partial charge in [0.2, 0.25) is 5.95 Å². The molecule has 0 N–H and O–H groups in total. The van der Waals surface area contributed by atoms with Crippen LogP contribution in [-0.2, 0) is 9.84 Å². The summed E-state index contributed by atoms with van der Waals surface area (Å²) in [4.78, 5) is 4.09. The van der Waals surface area contributed by atoms with Crippen LogP contribution in [0.3, 0.4) is 0 Å². The minimum atomic E-state index is -3.28. The molecule has 3 rings (SSSR count). The zero-order valence-electron chi connectivity index (χ0n) is 12.1. The van der Waals surface area contributed by atoms with Gasteiger partial charge in [-0.25, -0.2) is 8.42 Å². The van der Waals surface area contributed by atoms with Crippen molar-refractivity contribution in [3.63, 3.8) is 0 Å². The molecule has 1 aromatic heterocycles. The van der Waals surface area contributed by atoms with Crippen molar-refractivity contribution >= 4 is 21.4 Å². The minimum absolute atomic E-state index is 0.200. The molecule has 0 saturated carbocycles. The SMILES string of the molecule is CS(=O)(=O)c1ccc(-c2nc(F)cn2-c2ccc(Cl)cc2)cc1. The molecule has 0 aliphatic heterocycles. The molecule has 0 unspecified atom stereocenters. The van der Waals surface area contributed by atoms with Gasteiger partial charge in [0.15, 0.2) is 9.84 Å². The number of sulfone groups is 1. The van der Waals surface area contributed by atoms with E-state index < -0.39 is 15.8 Å². The van der Waals surface area contributed by atoms with Gasteiger partial charge in [-0.3, -0.25) is 4.57 Å². The van der Waals surface area contributed by atoms with Crippen molar-refractivity contribution in [1.82, 2.24) is 9.55 Å². The maximum Gasteiger partial charge on any atom is 0.231 e. The molecule has 0 radical (unpaired) electrons. The van der Waals surface area contributed by atoms with Gasteiger partial charge in [-0.2, -0.15) is 9.37 Å². The van der Waals surface area contributed by atoms with E-state index in [1.165, 1.54) is 18.3 Å². The number of nitrogens with zero attached hydrogens (tertiary/aromatic N) is 2. The van der Waals surface area contributed by atoms with Crippen LogP contribution in [-0.4, -0.2) is 24.2 Å². The molecule has 0 aliphatic carbocycles. The van der Waals surface area contributed by atoms with Crippen molar-refractivity contribution in [3.8, 4) is 17.1 Å². The third-order valence-electron chi connectivity index (χ3n) is 3.32. The fourth-order valence-electron chi connectivity index (χ4n) is 2.20. The number of rotatable bonds is 3. The quantitative estimate of drug-likeness (QED) is 0.723. The number of aromatic nitrogens is 2. The van der Waals surface area contributed by atoms with Crippen LogP contribution < -0.4 is 0 Å². The van der Waals surface area contributed by atoms with E-state index in [4.69, 9.17) is 11.6 Å². The molecule has 0 spiro atoms. The van der Waals surface area contributed by atoms with Gasteiger partial charge in [-0.05, 0) is 48.5 Å². The van der Waals surface area contributed by atoms with Crippen LogP contribution >= 0.6 is 11.6 Å². The fourth-order valence-corrected chi connectivity index (χ4v) is 2.96. The van der Waals surface area contributed by atoms with Crippen LogP contribution in [0.15, 0.2) is 59.6 Å². The van der Waals surface area contributed by atoms with Crippen LogP contribution in [0.5, 0.6) is 0 Å². The zero-order chi connectivity index (χ0) is 16.6. The Hall–Kier alpha value is -2.18. The van der Waals surface area contributed by atoms with Crippen molar-refractivity contribution < 1.29 is 12.8 Å². The van der Waals surface area contributed by atoms with Crippen LogP contribution in [0, 0.1) is 5.95 Å². The van der Waals surface area contributed by atoms with Gasteiger partial charge in [-0.15, -0.1) is 0 Å². The highest BCUT2D eigenvalue weighted by Crippen LogP contribution is 2.25. The zero-order valence-corrected chi connectivity index (χ0v) is 13.6. The Morgan fingerprint density at radius 3 is 2.22 bits per heavy atom. The molecule has 0 amide bonds. The van der Waals surface area contributed by atoms with Gasteiger partial charge in [0.25, 0.3) is 0 Å². The number of hydrogen-bond acceptors (Lipinski definition) is 3. The molecule has 23 heavy (non-hydrogen) atoms. The van der Waals surface area contributed by atoms with Gasteiger partial charge in [0.05, 0.1) is 11.1 Å². The molecule has 2 aromatic carbocycles. The Labute approximate surface area is 138 Å². The van der Waals surface area contributed by atoms with Crippen molar-refractivity contribution in [1.29, 1.82) is 0 Å². The van der Waals surface area contributed by atoms with Crippen molar-refractivity contribution in [2.24, 2.45) is 0 Å². The lowest BCUT2D eigenvalue weighted by Gasteiger charge is -2.08. The molecular formula is C16H12ClFN2O2S. The average Bonchev–Trinajstić information content (AvgIpc) is 2.89. The summed E-state index contributed by atoms with van der Waals surface area (Å²) in [6.45, 7) is 0. The summed E-state index contributed by atoms with van der Waals surface area (Å²) in [5.41, 5.74) is 1.31. The van der Waals surface area contributed by atoms with Gasteiger partial charge in [-0.1, -0.05) is 11.6 Å². The molecule has 0 fully saturated rings. The first-order chi connectivity index (χ1) is 10.8. The second kappa shape index (κ2) is 5.79. The summed E-state index contributed by atoms with van der Waals surface area (Å²) < 4.78 is 38.3. The standard InChI is InChI=1S/C16H12ClFN2O2S/c1-23(21,22)14-8-2-11(3-9-14)16-19-15(18)10-20(16)13-6-4-12(17)5-7-13/h2-10H,1H3. The predicted octanol–water partition coefficient (Wildman–Crippen LogP) is 3.74. The van der Waals surface area contributed by atoms with E-state index in [2.05, 4.69) is 4.98 Å². The summed E-state index contributed by atoms with van der Waals surface area (Å²) in [5.74, 6) is -0.244. The van der Waals surface area contributed by atoms with Crippen molar-refractivity contribution in [3.05, 3.63) is 65.7 Å². The normalized spacial score (nSPS) is 11.6. The van der Waals surface area contributed by atoms with E-state index in [0.29, 0.717) is 22.1 Å². The third-order valence-corrected chi connectivity index (χ3v) is 4.70. The summed E-state index contributed by atoms with van der Waals surface area (Å²) in [5, 5.41) is 0.577. The highest BCUT2D eigenvalue weighted by atomic mass is 35.5. The van der Waals surface area contributed by atoms with E-state index in [-0.39, 0.29) is 4.90 Å². The minimum Gasteiger partial charge on any atom is -0.297 e. The molecule has 0 aliphatic rings. The van der Waals surface area contributed by atoms with Gasteiger partial charge in [0.1, 0.15) is 5.82 Å². The van der Waals surface area contributed by atoms with E-state index in [1.54, 1.807) is 41.0 Å². The maximum absolute atomic E-state index is 13.7. The van der Waals surface area contributed by atoms with Gasteiger partial charge >= 0.3 is 0 Å². The molecule has 4 nitrogen and oxygen atoms in total. The monoisotopic (exact) mass is 350 g/mol. The molecule has 0 atom stereocenters. The first-order valence-corrected chi connectivity index (χ1v) is 8.93. The molecule has 118 valence electrons. The smallest absolute Gasteiger partial charge is 0.231 e. The van der Waals surface area contributed by atoms with E-state index in [9.17, 15) is 12.8 Å². The Kier molecular flexibility index (Phi) is 3.95. The molecule has 7 heteroatoms. The van der Waals surface area contributed by atoms with Crippen molar-refractivity contribution in [2.45, 2.75) is 4.90 Å². The summed E-state index contributed by atoms with van der Waals surface area (Å²) in [7, 11) is -3.28. The third kappa shape index (κ3) is 3.28. The number of hydrogen-bond donors (Lipinski definition) is 0. The molecule has 0 saturated heterocycles. The Balaban J connectivity index is 2.09. The highest BCUT2D eigenvalue weighted by molar-refractivity contribution is 7.90. The lowest BCUT2D eigenvalue weighted by atomic mass is 10.2. The van der Waals surface area contributed by atoms with E-state index in [1.807, 2.05) is 0 Å². The largest absolute Gasteiger partial charge is 0.297 e. The topological polar surface area (TPSA) is 52.0 Å². The van der Waals surface area contributed by atoms with Crippen LogP contribution in [0.4, 0.5) is 4.39 Å². The number of benzene rings is 2. The highest BCUT2D eigenvalue weighted by Gasteiger charge is 2.13. The van der Waals surface area contributed by atoms with Crippen LogP contribution in [0.1, 0.15) is 0 Å². The lowest BCUT2D eigenvalue weighted by Crippen LogP contribution is -1.98. The Morgan fingerprint density at radius 2 is 1.65 bits per heavy atom. The number of halogens is 2. The second-order valence-electron chi connectivity index (χ2n) is 5.03. The van der Waals surface area contributed by atoms with E-state index >= 15 is 0 Å². The first-order valence-electron chi connectivity index (χ1n) is 6.66. The molecular weight excluding hydrogens is 339 g/mol. The van der Waals surface area contributed by atoms with Crippen molar-refractivity contribution in [2.75, 3.05) is 6.26 Å². The van der Waals surface area contributed by atoms with Gasteiger partial charge in [0, 0.05) is 22.5 Å². The van der Waals surface area contributed by atoms with E-state index in [0.717, 1.165) is 6.26 Å². The summed E-state index contributed by atoms with van der Waals surface area (Å²) >= 11 is 5.87.